The van der Waals surface area contributed by atoms with Gasteiger partial charge in [-0.25, -0.2) is 0 Å². The number of nitrogens with zero attached hydrogens (tertiary/aromatic N) is 1. The van der Waals surface area contributed by atoms with Gasteiger partial charge >= 0.3 is 0 Å². The average Bonchev–Trinajstić information content (AvgIpc) is 2.37. The summed E-state index contributed by atoms with van der Waals surface area (Å²) < 4.78 is 0. The van der Waals surface area contributed by atoms with Gasteiger partial charge in [0.25, 0.3) is 5.91 Å². The molecule has 0 aromatic heterocycles. The summed E-state index contributed by atoms with van der Waals surface area (Å²) in [6, 6.07) is 4.10. The molecule has 4 N–H and O–H groups in total. The molecule has 5 nitrogen and oxygen atoms in total. The molecular weight excluding hydrogens is 244 g/mol. The van der Waals surface area contributed by atoms with Crippen LogP contribution in [0.15, 0.2) is 18.2 Å². The maximum atomic E-state index is 12.1. The molecule has 0 aliphatic carbocycles. The Bertz CT molecular complexity index is 446. The van der Waals surface area contributed by atoms with Crippen LogP contribution in [0.2, 0.25) is 0 Å². The largest absolute Gasteiger partial charge is 0.504 e. The molecule has 0 aliphatic heterocycles. The van der Waals surface area contributed by atoms with Crippen LogP contribution in [0.4, 0.5) is 0 Å². The highest BCUT2D eigenvalue weighted by Crippen LogP contribution is 2.25. The number of carbonyl (C=O) groups is 1. The standard InChI is InChI=1S/C14H22N2O3/c1-9(2)11(15)6-7-16(3)14(19)10-4-5-12(17)13(18)8-10/h4-5,8-9,11,17-18H,6-7,15H2,1-3H3. The van der Waals surface area contributed by atoms with Crippen LogP contribution in [0, 0.1) is 5.92 Å². The van der Waals surface area contributed by atoms with Crippen molar-refractivity contribution in [1.29, 1.82) is 0 Å². The zero-order chi connectivity index (χ0) is 14.6. The van der Waals surface area contributed by atoms with Crippen molar-refractivity contribution in [2.24, 2.45) is 11.7 Å². The summed E-state index contributed by atoms with van der Waals surface area (Å²) in [7, 11) is 1.69. The smallest absolute Gasteiger partial charge is 0.253 e. The van der Waals surface area contributed by atoms with Crippen LogP contribution in [-0.4, -0.2) is 40.7 Å². The van der Waals surface area contributed by atoms with Gasteiger partial charge in [-0.1, -0.05) is 13.8 Å². The lowest BCUT2D eigenvalue weighted by Crippen LogP contribution is -2.34. The first-order chi connectivity index (χ1) is 8.82. The predicted octanol–water partition coefficient (Wildman–Crippen LogP) is 1.54. The molecule has 0 bridgehead atoms. The first kappa shape index (κ1) is 15.3. The second-order valence-electron chi connectivity index (χ2n) is 5.13. The molecule has 0 radical (unpaired) electrons. The van der Waals surface area contributed by atoms with E-state index in [0.717, 1.165) is 6.42 Å². The number of phenols is 2. The van der Waals surface area contributed by atoms with Crippen LogP contribution in [0.5, 0.6) is 11.5 Å². The molecule has 1 aromatic carbocycles. The zero-order valence-corrected chi connectivity index (χ0v) is 11.6. The third-order valence-corrected chi connectivity index (χ3v) is 3.22. The second kappa shape index (κ2) is 6.43. The Morgan fingerprint density at radius 3 is 2.47 bits per heavy atom. The molecule has 0 heterocycles. The molecule has 1 atom stereocenters. The number of hydrogen-bond donors (Lipinski definition) is 3. The fraction of sp³-hybridized carbons (Fsp3) is 0.500. The monoisotopic (exact) mass is 266 g/mol. The first-order valence-electron chi connectivity index (χ1n) is 6.36. The molecule has 0 saturated carbocycles. The Balaban J connectivity index is 2.64. The van der Waals surface area contributed by atoms with Gasteiger partial charge in [0, 0.05) is 25.2 Å². The van der Waals surface area contributed by atoms with E-state index >= 15 is 0 Å². The minimum atomic E-state index is -0.293. The number of hydrogen-bond acceptors (Lipinski definition) is 4. The predicted molar refractivity (Wildman–Crippen MR) is 74.2 cm³/mol. The van der Waals surface area contributed by atoms with Crippen LogP contribution in [0.25, 0.3) is 0 Å². The van der Waals surface area contributed by atoms with Crippen LogP contribution < -0.4 is 5.73 Å². The van der Waals surface area contributed by atoms with Crippen molar-refractivity contribution in [3.05, 3.63) is 23.8 Å². The van der Waals surface area contributed by atoms with Gasteiger partial charge < -0.3 is 20.8 Å². The van der Waals surface area contributed by atoms with Gasteiger partial charge in [0.2, 0.25) is 0 Å². The highest BCUT2D eigenvalue weighted by Gasteiger charge is 2.15. The Labute approximate surface area is 113 Å². The summed E-state index contributed by atoms with van der Waals surface area (Å²) in [6.07, 6.45) is 0.726. The van der Waals surface area contributed by atoms with Crippen molar-refractivity contribution in [3.63, 3.8) is 0 Å². The zero-order valence-electron chi connectivity index (χ0n) is 11.6. The summed E-state index contributed by atoms with van der Waals surface area (Å²) in [5.41, 5.74) is 6.28. The Morgan fingerprint density at radius 2 is 1.95 bits per heavy atom. The Morgan fingerprint density at radius 1 is 1.32 bits per heavy atom. The van der Waals surface area contributed by atoms with Crippen molar-refractivity contribution in [2.45, 2.75) is 26.3 Å². The van der Waals surface area contributed by atoms with Gasteiger partial charge in [0.15, 0.2) is 11.5 Å². The number of aromatic hydroxyl groups is 2. The number of carbonyl (C=O) groups excluding carboxylic acids is 1. The van der Waals surface area contributed by atoms with Crippen molar-refractivity contribution in [3.8, 4) is 11.5 Å². The summed E-state index contributed by atoms with van der Waals surface area (Å²) in [4.78, 5) is 13.6. The van der Waals surface area contributed by atoms with E-state index in [1.165, 1.54) is 18.2 Å². The molecule has 5 heteroatoms. The number of nitrogens with two attached hydrogens (primary N) is 1. The van der Waals surface area contributed by atoms with Gasteiger partial charge in [-0.15, -0.1) is 0 Å². The topological polar surface area (TPSA) is 86.8 Å². The summed E-state index contributed by atoms with van der Waals surface area (Å²) in [6.45, 7) is 4.65. The molecule has 106 valence electrons. The molecule has 0 fully saturated rings. The number of amides is 1. The Kier molecular flexibility index (Phi) is 5.18. The fourth-order valence-electron chi connectivity index (χ4n) is 1.65. The summed E-state index contributed by atoms with van der Waals surface area (Å²) in [5, 5.41) is 18.6. The van der Waals surface area contributed by atoms with Gasteiger partial charge in [0.05, 0.1) is 0 Å². The van der Waals surface area contributed by atoms with E-state index in [9.17, 15) is 15.0 Å². The van der Waals surface area contributed by atoms with Crippen molar-refractivity contribution < 1.29 is 15.0 Å². The molecule has 1 amide bonds. The van der Waals surface area contributed by atoms with E-state index in [1.807, 2.05) is 13.8 Å². The lowest BCUT2D eigenvalue weighted by molar-refractivity contribution is 0.0788. The number of rotatable bonds is 5. The first-order valence-corrected chi connectivity index (χ1v) is 6.36. The summed E-state index contributed by atoms with van der Waals surface area (Å²) in [5.74, 6) is -0.355. The van der Waals surface area contributed by atoms with Gasteiger partial charge in [-0.05, 0) is 30.5 Å². The van der Waals surface area contributed by atoms with E-state index in [0.29, 0.717) is 18.0 Å². The molecule has 0 spiro atoms. The number of benzene rings is 1. The molecule has 1 unspecified atom stereocenters. The molecule has 0 saturated heterocycles. The minimum absolute atomic E-state index is 0.0588. The summed E-state index contributed by atoms with van der Waals surface area (Å²) >= 11 is 0. The van der Waals surface area contributed by atoms with Crippen LogP contribution >= 0.6 is 0 Å². The fourth-order valence-corrected chi connectivity index (χ4v) is 1.65. The second-order valence-corrected chi connectivity index (χ2v) is 5.13. The Hall–Kier alpha value is -1.75. The maximum Gasteiger partial charge on any atom is 0.253 e. The van der Waals surface area contributed by atoms with Crippen molar-refractivity contribution in [2.75, 3.05) is 13.6 Å². The molecule has 19 heavy (non-hydrogen) atoms. The highest BCUT2D eigenvalue weighted by atomic mass is 16.3. The average molecular weight is 266 g/mol. The normalized spacial score (nSPS) is 12.5. The molecule has 0 aliphatic rings. The van der Waals surface area contributed by atoms with Gasteiger partial charge in [0.1, 0.15) is 0 Å². The highest BCUT2D eigenvalue weighted by molar-refractivity contribution is 5.94. The van der Waals surface area contributed by atoms with E-state index in [1.54, 1.807) is 11.9 Å². The maximum absolute atomic E-state index is 12.1. The van der Waals surface area contributed by atoms with Crippen LogP contribution in [0.3, 0.4) is 0 Å². The molecule has 1 rings (SSSR count). The number of phenolic OH excluding ortho intramolecular Hbond substituents is 2. The SMILES string of the molecule is CC(C)C(N)CCN(C)C(=O)c1ccc(O)c(O)c1. The van der Waals surface area contributed by atoms with Crippen molar-refractivity contribution in [1.82, 2.24) is 4.90 Å². The van der Waals surface area contributed by atoms with Gasteiger partial charge in [-0.3, -0.25) is 4.79 Å². The van der Waals surface area contributed by atoms with Crippen LogP contribution in [-0.2, 0) is 0 Å². The van der Waals surface area contributed by atoms with E-state index in [2.05, 4.69) is 0 Å². The van der Waals surface area contributed by atoms with E-state index < -0.39 is 0 Å². The van der Waals surface area contributed by atoms with Gasteiger partial charge in [-0.2, -0.15) is 0 Å². The lowest BCUT2D eigenvalue weighted by atomic mass is 10.0. The third kappa shape index (κ3) is 4.13. The lowest BCUT2D eigenvalue weighted by Gasteiger charge is -2.21. The quantitative estimate of drug-likeness (QED) is 0.706. The third-order valence-electron chi connectivity index (χ3n) is 3.22. The van der Waals surface area contributed by atoms with Crippen molar-refractivity contribution >= 4 is 5.91 Å². The van der Waals surface area contributed by atoms with E-state index in [-0.39, 0.29) is 23.4 Å². The van der Waals surface area contributed by atoms with Crippen LogP contribution in [0.1, 0.15) is 30.6 Å². The minimum Gasteiger partial charge on any atom is -0.504 e. The van der Waals surface area contributed by atoms with E-state index in [4.69, 9.17) is 5.73 Å². The molecular formula is C14H22N2O3. The molecule has 1 aromatic rings.